The number of carbonyl (C=O) groups excluding carboxylic acids is 1. The fourth-order valence-electron chi connectivity index (χ4n) is 4.97. The molecule has 6 rings (SSSR count). The van der Waals surface area contributed by atoms with Crippen LogP contribution in [0.4, 0.5) is 20.4 Å². The lowest BCUT2D eigenvalue weighted by atomic mass is 10.0. The number of rotatable bonds is 7. The van der Waals surface area contributed by atoms with Crippen LogP contribution in [-0.4, -0.2) is 56.3 Å². The van der Waals surface area contributed by atoms with Gasteiger partial charge in [-0.3, -0.25) is 0 Å². The number of ether oxygens (including phenoxy) is 1. The number of aromatic nitrogens is 4. The van der Waals surface area contributed by atoms with Crippen molar-refractivity contribution in [3.8, 4) is 22.9 Å². The van der Waals surface area contributed by atoms with Crippen LogP contribution in [0.5, 0.6) is 11.6 Å². The van der Waals surface area contributed by atoms with Gasteiger partial charge < -0.3 is 20.6 Å². The molecule has 0 unspecified atom stereocenters. The minimum Gasteiger partial charge on any atom is -0.437 e. The number of halogens is 2. The maximum Gasteiger partial charge on any atom is 0.357 e. The summed E-state index contributed by atoms with van der Waals surface area (Å²) in [7, 11) is 0. The van der Waals surface area contributed by atoms with Crippen molar-refractivity contribution in [3.05, 3.63) is 96.3 Å². The van der Waals surface area contributed by atoms with Crippen LogP contribution in [0.2, 0.25) is 0 Å². The SMILES string of the molecule is Cc1ccc2c(N)c(F)ccc2c1Oc1ncncc1-c1ccnc(N[C@H]2C[C@H](F)CN(OC(=O)c3ccccc3)C2)n1. The van der Waals surface area contributed by atoms with Crippen LogP contribution in [0.15, 0.2) is 79.4 Å². The van der Waals surface area contributed by atoms with E-state index in [0.29, 0.717) is 33.3 Å². The minimum absolute atomic E-state index is 0.0309. The molecule has 0 spiro atoms. The monoisotopic (exact) mass is 583 g/mol. The molecule has 3 N–H and O–H groups in total. The third-order valence-electron chi connectivity index (χ3n) is 7.06. The number of nitrogen functional groups attached to an aromatic ring is 1. The molecule has 0 saturated carbocycles. The number of hydroxylamine groups is 2. The van der Waals surface area contributed by atoms with Crippen LogP contribution in [0, 0.1) is 12.7 Å². The minimum atomic E-state index is -1.23. The summed E-state index contributed by atoms with van der Waals surface area (Å²) < 4.78 is 35.1. The Morgan fingerprint density at radius 2 is 1.86 bits per heavy atom. The molecule has 218 valence electrons. The number of alkyl halides is 1. The Morgan fingerprint density at radius 3 is 2.70 bits per heavy atom. The molecule has 12 heteroatoms. The van der Waals surface area contributed by atoms with Gasteiger partial charge in [0.1, 0.15) is 24.1 Å². The van der Waals surface area contributed by atoms with E-state index in [1.165, 1.54) is 17.5 Å². The van der Waals surface area contributed by atoms with Gasteiger partial charge in [0, 0.05) is 35.6 Å². The van der Waals surface area contributed by atoms with Gasteiger partial charge in [0.25, 0.3) is 0 Å². The number of fused-ring (bicyclic) bond motifs is 1. The first-order valence-electron chi connectivity index (χ1n) is 13.6. The first-order chi connectivity index (χ1) is 20.9. The quantitative estimate of drug-likeness (QED) is 0.237. The predicted molar refractivity (Wildman–Crippen MR) is 157 cm³/mol. The van der Waals surface area contributed by atoms with E-state index in [9.17, 15) is 13.6 Å². The average molecular weight is 584 g/mol. The van der Waals surface area contributed by atoms with E-state index in [-0.39, 0.29) is 37.0 Å². The number of piperidine rings is 1. The zero-order chi connectivity index (χ0) is 29.9. The van der Waals surface area contributed by atoms with Crippen LogP contribution in [0.3, 0.4) is 0 Å². The van der Waals surface area contributed by atoms with E-state index >= 15 is 0 Å². The zero-order valence-electron chi connectivity index (χ0n) is 23.1. The summed E-state index contributed by atoms with van der Waals surface area (Å²) in [6, 6.07) is 16.2. The molecule has 5 aromatic rings. The predicted octanol–water partition coefficient (Wildman–Crippen LogP) is 5.51. The molecular weight excluding hydrogens is 556 g/mol. The molecule has 3 heterocycles. The number of hydrogen-bond donors (Lipinski definition) is 2. The van der Waals surface area contributed by atoms with Crippen molar-refractivity contribution < 1.29 is 23.1 Å². The van der Waals surface area contributed by atoms with Crippen LogP contribution in [0.25, 0.3) is 22.0 Å². The van der Waals surface area contributed by atoms with E-state index in [1.807, 2.05) is 6.92 Å². The summed E-state index contributed by atoms with van der Waals surface area (Å²) in [5.41, 5.74) is 8.12. The Hall–Kier alpha value is -5.23. The third-order valence-corrected chi connectivity index (χ3v) is 7.06. The van der Waals surface area contributed by atoms with Gasteiger partial charge in [0.15, 0.2) is 0 Å². The number of nitrogens with one attached hydrogen (secondary N) is 1. The van der Waals surface area contributed by atoms with Crippen molar-refractivity contribution in [2.45, 2.75) is 25.6 Å². The fraction of sp³-hybridized carbons (Fsp3) is 0.194. The van der Waals surface area contributed by atoms with E-state index < -0.39 is 24.0 Å². The Kier molecular flexibility index (Phi) is 7.75. The molecule has 1 saturated heterocycles. The summed E-state index contributed by atoms with van der Waals surface area (Å²) in [6.07, 6.45) is 3.41. The molecule has 1 aliphatic heterocycles. The van der Waals surface area contributed by atoms with Gasteiger partial charge in [0.05, 0.1) is 35.6 Å². The molecule has 2 aromatic heterocycles. The number of nitrogens with two attached hydrogens (primary N) is 1. The second kappa shape index (κ2) is 11.9. The normalized spacial score (nSPS) is 17.0. The van der Waals surface area contributed by atoms with Gasteiger partial charge in [0.2, 0.25) is 11.8 Å². The highest BCUT2D eigenvalue weighted by molar-refractivity contribution is 5.98. The smallest absolute Gasteiger partial charge is 0.357 e. The molecule has 1 aliphatic rings. The summed E-state index contributed by atoms with van der Waals surface area (Å²) in [5, 5.41) is 5.61. The molecule has 1 fully saturated rings. The molecule has 2 atom stereocenters. The lowest BCUT2D eigenvalue weighted by Gasteiger charge is -2.33. The van der Waals surface area contributed by atoms with Crippen molar-refractivity contribution >= 4 is 28.4 Å². The first-order valence-corrected chi connectivity index (χ1v) is 13.6. The van der Waals surface area contributed by atoms with Gasteiger partial charge in [-0.2, -0.15) is 0 Å². The average Bonchev–Trinajstić information content (AvgIpc) is 3.01. The van der Waals surface area contributed by atoms with Crippen LogP contribution >= 0.6 is 0 Å². The van der Waals surface area contributed by atoms with Gasteiger partial charge in [-0.15, -0.1) is 5.06 Å². The maximum atomic E-state index is 14.7. The highest BCUT2D eigenvalue weighted by Gasteiger charge is 2.30. The van der Waals surface area contributed by atoms with E-state index in [4.69, 9.17) is 15.3 Å². The molecule has 0 aliphatic carbocycles. The highest BCUT2D eigenvalue weighted by atomic mass is 19.1. The second-order valence-corrected chi connectivity index (χ2v) is 10.1. The molecule has 0 amide bonds. The third kappa shape index (κ3) is 6.04. The van der Waals surface area contributed by atoms with Crippen LogP contribution < -0.4 is 15.8 Å². The lowest BCUT2D eigenvalue weighted by Crippen LogP contribution is -2.48. The van der Waals surface area contributed by atoms with Crippen molar-refractivity contribution in [2.24, 2.45) is 0 Å². The zero-order valence-corrected chi connectivity index (χ0v) is 23.1. The Morgan fingerprint density at radius 1 is 1.05 bits per heavy atom. The number of aryl methyl sites for hydroxylation is 1. The van der Waals surface area contributed by atoms with Crippen molar-refractivity contribution in [1.82, 2.24) is 25.0 Å². The molecule has 43 heavy (non-hydrogen) atoms. The van der Waals surface area contributed by atoms with Gasteiger partial charge in [-0.05, 0) is 42.8 Å². The molecule has 10 nitrogen and oxygen atoms in total. The Labute approximate surface area is 245 Å². The highest BCUT2D eigenvalue weighted by Crippen LogP contribution is 2.38. The number of anilines is 2. The van der Waals surface area contributed by atoms with Crippen molar-refractivity contribution in [3.63, 3.8) is 0 Å². The van der Waals surface area contributed by atoms with Crippen molar-refractivity contribution in [1.29, 1.82) is 0 Å². The Balaban J connectivity index is 1.22. The number of carbonyl (C=O) groups is 1. The Bertz CT molecular complexity index is 1790. The van der Waals surface area contributed by atoms with Crippen LogP contribution in [-0.2, 0) is 4.84 Å². The molecule has 0 radical (unpaired) electrons. The fourth-order valence-corrected chi connectivity index (χ4v) is 4.97. The first kappa shape index (κ1) is 27.9. The van der Waals surface area contributed by atoms with Crippen LogP contribution in [0.1, 0.15) is 22.3 Å². The lowest BCUT2D eigenvalue weighted by molar-refractivity contribution is -0.134. The topological polar surface area (TPSA) is 128 Å². The van der Waals surface area contributed by atoms with Gasteiger partial charge in [-0.25, -0.2) is 33.5 Å². The van der Waals surface area contributed by atoms with E-state index in [2.05, 4.69) is 25.3 Å². The molecule has 0 bridgehead atoms. The van der Waals surface area contributed by atoms with E-state index in [0.717, 1.165) is 5.56 Å². The van der Waals surface area contributed by atoms with Crippen molar-refractivity contribution in [2.75, 3.05) is 24.1 Å². The van der Waals surface area contributed by atoms with E-state index in [1.54, 1.807) is 67.0 Å². The summed E-state index contributed by atoms with van der Waals surface area (Å²) in [5.74, 6) is -0.139. The largest absolute Gasteiger partial charge is 0.437 e. The summed E-state index contributed by atoms with van der Waals surface area (Å²) in [4.78, 5) is 35.3. The second-order valence-electron chi connectivity index (χ2n) is 10.1. The molecule has 3 aromatic carbocycles. The maximum absolute atomic E-state index is 14.7. The number of benzene rings is 3. The summed E-state index contributed by atoms with van der Waals surface area (Å²) in [6.45, 7) is 2.07. The number of hydrogen-bond acceptors (Lipinski definition) is 10. The standard InChI is InChI=1S/C31H27F2N7O3/c1-18-7-8-22-23(9-10-25(33)27(22)34)28(18)42-29-24(14-35-17-37-29)26-11-12-36-31(39-26)38-21-13-20(32)15-40(16-21)43-30(41)19-5-3-2-4-6-19/h2-12,14,17,20-21H,13,15-16,34H2,1H3,(H,36,38,39)/t20-,21-/m0/s1. The number of nitrogens with zero attached hydrogens (tertiary/aromatic N) is 5. The van der Waals surface area contributed by atoms with Gasteiger partial charge in [-0.1, -0.05) is 30.3 Å². The van der Waals surface area contributed by atoms with Gasteiger partial charge >= 0.3 is 5.97 Å². The summed E-state index contributed by atoms with van der Waals surface area (Å²) >= 11 is 0. The molecular formula is C31H27F2N7O3.